The van der Waals surface area contributed by atoms with Crippen LogP contribution >= 0.6 is 11.6 Å². The van der Waals surface area contributed by atoms with Crippen molar-refractivity contribution in [1.29, 1.82) is 0 Å². The first kappa shape index (κ1) is 20.2. The second-order valence-corrected chi connectivity index (χ2v) is 6.26. The number of urea groups is 1. The van der Waals surface area contributed by atoms with Crippen molar-refractivity contribution in [3.8, 4) is 22.6 Å². The molecule has 0 fully saturated rings. The maximum atomic E-state index is 12.2. The topological polar surface area (TPSA) is 89.6 Å². The Labute approximate surface area is 172 Å². The van der Waals surface area contributed by atoms with Crippen LogP contribution in [-0.4, -0.2) is 31.1 Å². The van der Waals surface area contributed by atoms with Gasteiger partial charge in [0, 0.05) is 23.5 Å². The lowest BCUT2D eigenvalue weighted by Gasteiger charge is -2.13. The van der Waals surface area contributed by atoms with E-state index in [0.717, 1.165) is 16.9 Å². The smallest absolute Gasteiger partial charge is 0.326 e. The molecule has 3 amide bonds. The molecule has 0 radical (unpaired) electrons. The zero-order valence-corrected chi connectivity index (χ0v) is 16.5. The van der Waals surface area contributed by atoms with E-state index in [2.05, 4.69) is 15.6 Å². The maximum absolute atomic E-state index is 12.2. The number of aromatic nitrogens is 1. The Morgan fingerprint density at radius 3 is 2.55 bits per heavy atom. The summed E-state index contributed by atoms with van der Waals surface area (Å²) < 4.78 is 10.7. The lowest BCUT2D eigenvalue weighted by Crippen LogP contribution is -2.34. The molecule has 0 aliphatic heterocycles. The van der Waals surface area contributed by atoms with Gasteiger partial charge in [0.1, 0.15) is 16.7 Å². The van der Waals surface area contributed by atoms with Gasteiger partial charge in [0.15, 0.2) is 0 Å². The van der Waals surface area contributed by atoms with E-state index >= 15 is 0 Å². The average Bonchev–Trinajstić information content (AvgIpc) is 2.73. The zero-order valence-electron chi connectivity index (χ0n) is 15.7. The van der Waals surface area contributed by atoms with Gasteiger partial charge in [-0.1, -0.05) is 23.7 Å². The van der Waals surface area contributed by atoms with Crippen LogP contribution in [-0.2, 0) is 0 Å². The minimum atomic E-state index is -0.703. The molecule has 0 bridgehead atoms. The van der Waals surface area contributed by atoms with Crippen LogP contribution in [0.15, 0.2) is 60.8 Å². The Kier molecular flexibility index (Phi) is 6.31. The molecule has 1 heterocycles. The fraction of sp³-hybridized carbons (Fsp3) is 0.0952. The number of nitrogens with zero attached hydrogens (tertiary/aromatic N) is 1. The first-order chi connectivity index (χ1) is 14.0. The number of amides is 3. The molecule has 29 heavy (non-hydrogen) atoms. The van der Waals surface area contributed by atoms with Gasteiger partial charge in [0.25, 0.3) is 5.91 Å². The molecule has 148 valence electrons. The van der Waals surface area contributed by atoms with Crippen molar-refractivity contribution in [2.75, 3.05) is 19.5 Å². The van der Waals surface area contributed by atoms with E-state index < -0.39 is 11.9 Å². The minimum absolute atomic E-state index is 0.0158. The fourth-order valence-corrected chi connectivity index (χ4v) is 2.89. The molecule has 3 rings (SSSR count). The Hall–Kier alpha value is -3.58. The number of nitrogens with one attached hydrogen (secondary N) is 2. The van der Waals surface area contributed by atoms with Gasteiger partial charge in [-0.15, -0.1) is 0 Å². The van der Waals surface area contributed by atoms with Crippen LogP contribution in [0.5, 0.6) is 11.5 Å². The highest BCUT2D eigenvalue weighted by Crippen LogP contribution is 2.34. The standard InChI is InChI=1S/C21H18ClN3O4/c1-28-15-6-3-5-13(11-15)16-9-8-14(12-18(16)29-2)24-21(27)25-20(26)17-7-4-10-23-19(17)22/h3-12H,1-2H3,(H2,24,25,26,27). The number of benzene rings is 2. The highest BCUT2D eigenvalue weighted by molar-refractivity contribution is 6.33. The summed E-state index contributed by atoms with van der Waals surface area (Å²) >= 11 is 5.87. The molecule has 0 unspecified atom stereocenters. The molecule has 0 saturated heterocycles. The molecule has 8 heteroatoms. The Balaban J connectivity index is 1.75. The summed E-state index contributed by atoms with van der Waals surface area (Å²) in [5, 5.41) is 4.83. The number of hydrogen-bond donors (Lipinski definition) is 2. The van der Waals surface area contributed by atoms with Gasteiger partial charge in [-0.3, -0.25) is 10.1 Å². The summed E-state index contributed by atoms with van der Waals surface area (Å²) in [4.78, 5) is 28.1. The highest BCUT2D eigenvalue weighted by atomic mass is 35.5. The second-order valence-electron chi connectivity index (χ2n) is 5.90. The van der Waals surface area contributed by atoms with Crippen molar-refractivity contribution in [2.24, 2.45) is 0 Å². The van der Waals surface area contributed by atoms with E-state index in [1.807, 2.05) is 30.3 Å². The van der Waals surface area contributed by atoms with Crippen molar-refractivity contribution in [2.45, 2.75) is 0 Å². The van der Waals surface area contributed by atoms with Gasteiger partial charge in [-0.25, -0.2) is 9.78 Å². The Bertz CT molecular complexity index is 1060. The van der Waals surface area contributed by atoms with E-state index in [4.69, 9.17) is 21.1 Å². The van der Waals surface area contributed by atoms with Crippen molar-refractivity contribution in [1.82, 2.24) is 10.3 Å². The first-order valence-electron chi connectivity index (χ1n) is 8.57. The number of ether oxygens (including phenoxy) is 2. The van der Waals surface area contributed by atoms with Gasteiger partial charge in [-0.05, 0) is 42.0 Å². The van der Waals surface area contributed by atoms with Crippen LogP contribution in [0.1, 0.15) is 10.4 Å². The average molecular weight is 412 g/mol. The summed E-state index contributed by atoms with van der Waals surface area (Å²) in [5.74, 6) is 0.622. The lowest BCUT2D eigenvalue weighted by atomic mass is 10.0. The van der Waals surface area contributed by atoms with E-state index in [-0.39, 0.29) is 10.7 Å². The molecule has 2 N–H and O–H groups in total. The molecule has 0 saturated carbocycles. The van der Waals surface area contributed by atoms with E-state index in [9.17, 15) is 9.59 Å². The zero-order chi connectivity index (χ0) is 20.8. The molecular weight excluding hydrogens is 394 g/mol. The monoisotopic (exact) mass is 411 g/mol. The number of methoxy groups -OCH3 is 2. The van der Waals surface area contributed by atoms with Crippen LogP contribution in [0.4, 0.5) is 10.5 Å². The van der Waals surface area contributed by atoms with Crippen LogP contribution < -0.4 is 20.1 Å². The van der Waals surface area contributed by atoms with E-state index in [0.29, 0.717) is 11.4 Å². The number of pyridine rings is 1. The lowest BCUT2D eigenvalue weighted by molar-refractivity contribution is 0.0967. The van der Waals surface area contributed by atoms with Crippen molar-refractivity contribution >= 4 is 29.2 Å². The molecule has 0 atom stereocenters. The molecular formula is C21H18ClN3O4. The summed E-state index contributed by atoms with van der Waals surface area (Å²) in [6.45, 7) is 0. The molecule has 3 aromatic rings. The largest absolute Gasteiger partial charge is 0.497 e. The molecule has 0 aliphatic carbocycles. The van der Waals surface area contributed by atoms with Crippen LogP contribution in [0.25, 0.3) is 11.1 Å². The number of carbonyl (C=O) groups excluding carboxylic acids is 2. The minimum Gasteiger partial charge on any atom is -0.497 e. The summed E-state index contributed by atoms with van der Waals surface area (Å²) in [6, 6.07) is 15.0. The predicted molar refractivity (Wildman–Crippen MR) is 111 cm³/mol. The van der Waals surface area contributed by atoms with Gasteiger partial charge in [-0.2, -0.15) is 0 Å². The molecule has 2 aromatic carbocycles. The van der Waals surface area contributed by atoms with Crippen LogP contribution in [0.2, 0.25) is 5.15 Å². The fourth-order valence-electron chi connectivity index (χ4n) is 2.69. The third-order valence-electron chi connectivity index (χ3n) is 4.07. The third kappa shape index (κ3) is 4.83. The number of rotatable bonds is 5. The quantitative estimate of drug-likeness (QED) is 0.608. The van der Waals surface area contributed by atoms with Gasteiger partial charge in [0.05, 0.1) is 19.8 Å². The maximum Gasteiger partial charge on any atom is 0.326 e. The van der Waals surface area contributed by atoms with Gasteiger partial charge >= 0.3 is 6.03 Å². The van der Waals surface area contributed by atoms with E-state index in [1.165, 1.54) is 19.4 Å². The van der Waals surface area contributed by atoms with E-state index in [1.54, 1.807) is 25.3 Å². The van der Waals surface area contributed by atoms with Crippen molar-refractivity contribution in [3.63, 3.8) is 0 Å². The first-order valence-corrected chi connectivity index (χ1v) is 8.95. The molecule has 1 aromatic heterocycles. The van der Waals surface area contributed by atoms with Crippen LogP contribution in [0.3, 0.4) is 0 Å². The SMILES string of the molecule is COc1cccc(-c2ccc(NC(=O)NC(=O)c3cccnc3Cl)cc2OC)c1. The van der Waals surface area contributed by atoms with Gasteiger partial charge < -0.3 is 14.8 Å². The summed E-state index contributed by atoms with van der Waals surface area (Å²) in [5.41, 5.74) is 2.29. The molecule has 0 spiro atoms. The van der Waals surface area contributed by atoms with Crippen molar-refractivity contribution < 1.29 is 19.1 Å². The number of anilines is 1. The Morgan fingerprint density at radius 1 is 1.00 bits per heavy atom. The molecule has 0 aliphatic rings. The van der Waals surface area contributed by atoms with Crippen molar-refractivity contribution in [3.05, 3.63) is 71.5 Å². The highest BCUT2D eigenvalue weighted by Gasteiger charge is 2.15. The Morgan fingerprint density at radius 2 is 1.83 bits per heavy atom. The number of hydrogen-bond acceptors (Lipinski definition) is 5. The van der Waals surface area contributed by atoms with Crippen LogP contribution in [0, 0.1) is 0 Å². The number of imide groups is 1. The predicted octanol–water partition coefficient (Wildman–Crippen LogP) is 4.38. The van der Waals surface area contributed by atoms with Gasteiger partial charge in [0.2, 0.25) is 0 Å². The summed E-state index contributed by atoms with van der Waals surface area (Å²) in [7, 11) is 3.14. The summed E-state index contributed by atoms with van der Waals surface area (Å²) in [6.07, 6.45) is 1.45. The number of halogens is 1. The molecule has 7 nitrogen and oxygen atoms in total. The normalized spacial score (nSPS) is 10.2. The second kappa shape index (κ2) is 9.07. The number of carbonyl (C=O) groups is 2. The third-order valence-corrected chi connectivity index (χ3v) is 4.37.